The molecule has 2 aliphatic heterocycles. The Morgan fingerprint density at radius 1 is 1.46 bits per heavy atom. The molecular formula is C18H22ClFN4O2S2. The molecule has 0 aliphatic carbocycles. The van der Waals surface area contributed by atoms with Crippen LogP contribution >= 0.6 is 22.9 Å². The minimum atomic E-state index is -4.10. The maximum atomic E-state index is 14.8. The Morgan fingerprint density at radius 2 is 2.29 bits per heavy atom. The molecule has 2 N–H and O–H groups in total. The number of halogens is 2. The van der Waals surface area contributed by atoms with Crippen molar-refractivity contribution in [3.8, 4) is 0 Å². The first-order valence-electron chi connectivity index (χ1n) is 9.20. The SMILES string of the molecule is CC1CN2CCCC2(CNc2ccc(S(=O)(=O)Nc3nccs3)c(F)c2Cl)C1. The maximum absolute atomic E-state index is 14.8. The van der Waals surface area contributed by atoms with E-state index >= 15 is 0 Å². The molecule has 0 radical (unpaired) electrons. The first-order valence-corrected chi connectivity index (χ1v) is 11.9. The Bertz CT molecular complexity index is 970. The van der Waals surface area contributed by atoms with Crippen LogP contribution in [0.2, 0.25) is 5.02 Å². The van der Waals surface area contributed by atoms with E-state index in [1.165, 1.54) is 18.3 Å². The van der Waals surface area contributed by atoms with Crippen LogP contribution in [0.5, 0.6) is 0 Å². The van der Waals surface area contributed by atoms with Crippen molar-refractivity contribution in [2.75, 3.05) is 29.7 Å². The Kier molecular flexibility index (Phi) is 5.28. The Labute approximate surface area is 173 Å². The zero-order chi connectivity index (χ0) is 19.9. The summed E-state index contributed by atoms with van der Waals surface area (Å²) < 4.78 is 42.0. The third-order valence-corrected chi connectivity index (χ3v) is 8.14. The third kappa shape index (κ3) is 3.60. The van der Waals surface area contributed by atoms with Gasteiger partial charge in [-0.1, -0.05) is 18.5 Å². The van der Waals surface area contributed by atoms with E-state index in [0.717, 1.165) is 43.7 Å². The highest BCUT2D eigenvalue weighted by molar-refractivity contribution is 7.93. The van der Waals surface area contributed by atoms with Gasteiger partial charge in [0.2, 0.25) is 0 Å². The van der Waals surface area contributed by atoms with Crippen LogP contribution in [0.15, 0.2) is 28.6 Å². The molecule has 2 saturated heterocycles. The van der Waals surface area contributed by atoms with Gasteiger partial charge in [-0.05, 0) is 43.9 Å². The number of thiazole rings is 1. The summed E-state index contributed by atoms with van der Waals surface area (Å²) >= 11 is 7.30. The Hall–Kier alpha value is -1.42. The molecule has 3 heterocycles. The van der Waals surface area contributed by atoms with Crippen LogP contribution in [-0.2, 0) is 10.0 Å². The predicted molar refractivity (Wildman–Crippen MR) is 110 cm³/mol. The lowest BCUT2D eigenvalue weighted by molar-refractivity contribution is 0.209. The summed E-state index contributed by atoms with van der Waals surface area (Å²) in [5, 5.41) is 4.85. The van der Waals surface area contributed by atoms with Crippen LogP contribution in [0, 0.1) is 11.7 Å². The van der Waals surface area contributed by atoms with Crippen molar-refractivity contribution in [2.24, 2.45) is 5.92 Å². The zero-order valence-electron chi connectivity index (χ0n) is 15.4. The highest BCUT2D eigenvalue weighted by atomic mass is 35.5. The van der Waals surface area contributed by atoms with E-state index in [0.29, 0.717) is 18.2 Å². The van der Waals surface area contributed by atoms with Crippen molar-refractivity contribution >= 4 is 43.8 Å². The van der Waals surface area contributed by atoms with Crippen LogP contribution in [-0.4, -0.2) is 43.5 Å². The Morgan fingerprint density at radius 3 is 3.04 bits per heavy atom. The molecule has 28 heavy (non-hydrogen) atoms. The number of anilines is 2. The fourth-order valence-electron chi connectivity index (χ4n) is 4.45. The van der Waals surface area contributed by atoms with Gasteiger partial charge in [0.1, 0.15) is 9.92 Å². The molecule has 0 bridgehead atoms. The quantitative estimate of drug-likeness (QED) is 0.703. The van der Waals surface area contributed by atoms with E-state index in [1.54, 1.807) is 5.38 Å². The number of rotatable bonds is 6. The number of hydrogen-bond acceptors (Lipinski definition) is 6. The van der Waals surface area contributed by atoms with Crippen LogP contribution < -0.4 is 10.0 Å². The van der Waals surface area contributed by atoms with Gasteiger partial charge >= 0.3 is 0 Å². The van der Waals surface area contributed by atoms with Crippen molar-refractivity contribution < 1.29 is 12.8 Å². The van der Waals surface area contributed by atoms with E-state index < -0.39 is 20.7 Å². The minimum Gasteiger partial charge on any atom is -0.382 e. The molecule has 0 spiro atoms. The van der Waals surface area contributed by atoms with Gasteiger partial charge in [0, 0.05) is 30.2 Å². The summed E-state index contributed by atoms with van der Waals surface area (Å²) in [6.07, 6.45) is 4.84. The van der Waals surface area contributed by atoms with Gasteiger partial charge in [-0.2, -0.15) is 0 Å². The molecule has 10 heteroatoms. The normalized spacial score (nSPS) is 25.0. The van der Waals surface area contributed by atoms with E-state index in [-0.39, 0.29) is 15.7 Å². The van der Waals surface area contributed by atoms with Gasteiger partial charge in [0.15, 0.2) is 10.9 Å². The second kappa shape index (κ2) is 7.44. The highest BCUT2D eigenvalue weighted by Gasteiger charge is 2.46. The average Bonchev–Trinajstić information content (AvgIpc) is 3.32. The lowest BCUT2D eigenvalue weighted by Gasteiger charge is -2.32. The lowest BCUT2D eigenvalue weighted by atomic mass is 9.90. The highest BCUT2D eigenvalue weighted by Crippen LogP contribution is 2.42. The molecule has 0 amide bonds. The topological polar surface area (TPSA) is 74.3 Å². The zero-order valence-corrected chi connectivity index (χ0v) is 17.8. The van der Waals surface area contributed by atoms with Crippen molar-refractivity contribution in [2.45, 2.75) is 36.6 Å². The van der Waals surface area contributed by atoms with Gasteiger partial charge in [0.05, 0.1) is 5.69 Å². The molecule has 2 unspecified atom stereocenters. The van der Waals surface area contributed by atoms with Crippen LogP contribution in [0.4, 0.5) is 15.2 Å². The second-order valence-electron chi connectivity index (χ2n) is 7.62. The fourth-order valence-corrected chi connectivity index (χ4v) is 6.61. The number of nitrogens with one attached hydrogen (secondary N) is 2. The summed E-state index contributed by atoms with van der Waals surface area (Å²) in [5.74, 6) is -0.324. The molecule has 1 aromatic heterocycles. The van der Waals surface area contributed by atoms with Gasteiger partial charge < -0.3 is 5.32 Å². The molecule has 2 atom stereocenters. The molecule has 2 aliphatic rings. The molecule has 152 valence electrons. The second-order valence-corrected chi connectivity index (χ2v) is 10.5. The van der Waals surface area contributed by atoms with Gasteiger partial charge in [-0.3, -0.25) is 9.62 Å². The summed E-state index contributed by atoms with van der Waals surface area (Å²) in [6.45, 7) is 5.10. The smallest absolute Gasteiger partial charge is 0.266 e. The summed E-state index contributed by atoms with van der Waals surface area (Å²) in [7, 11) is -4.10. The molecule has 0 saturated carbocycles. The van der Waals surface area contributed by atoms with E-state index in [1.807, 2.05) is 0 Å². The molecule has 2 aromatic rings. The summed E-state index contributed by atoms with van der Waals surface area (Å²) in [4.78, 5) is 5.88. The molecule has 4 rings (SSSR count). The predicted octanol–water partition coefficient (Wildman–Crippen LogP) is 4.02. The molecule has 2 fully saturated rings. The Balaban J connectivity index is 1.53. The van der Waals surface area contributed by atoms with Gasteiger partial charge in [-0.25, -0.2) is 17.8 Å². The first kappa shape index (κ1) is 19.9. The molecule has 1 aromatic carbocycles. The summed E-state index contributed by atoms with van der Waals surface area (Å²) in [5.41, 5.74) is 0.490. The van der Waals surface area contributed by atoms with E-state index in [2.05, 4.69) is 26.8 Å². The van der Waals surface area contributed by atoms with Crippen LogP contribution in [0.3, 0.4) is 0 Å². The van der Waals surface area contributed by atoms with Crippen molar-refractivity contribution in [1.29, 1.82) is 0 Å². The largest absolute Gasteiger partial charge is 0.382 e. The van der Waals surface area contributed by atoms with Gasteiger partial charge in [-0.15, -0.1) is 11.3 Å². The maximum Gasteiger partial charge on any atom is 0.266 e. The van der Waals surface area contributed by atoms with Gasteiger partial charge in [0.25, 0.3) is 10.0 Å². The monoisotopic (exact) mass is 444 g/mol. The summed E-state index contributed by atoms with van der Waals surface area (Å²) in [6, 6.07) is 2.76. The van der Waals surface area contributed by atoms with Crippen LogP contribution in [0.25, 0.3) is 0 Å². The standard InChI is InChI=1S/C18H22ClFN4O2S2/c1-12-9-18(5-2-7-24(18)10-12)11-22-13-3-4-14(16(20)15(13)19)28(25,26)23-17-21-6-8-27-17/h3-4,6,8,12,22H,2,5,7,9-11H2,1H3,(H,21,23). The first-order chi connectivity index (χ1) is 13.3. The number of hydrogen-bond donors (Lipinski definition) is 2. The molecular weight excluding hydrogens is 423 g/mol. The third-order valence-electron chi connectivity index (χ3n) is 5.60. The number of aromatic nitrogens is 1. The van der Waals surface area contributed by atoms with E-state index in [4.69, 9.17) is 11.6 Å². The fraction of sp³-hybridized carbons (Fsp3) is 0.500. The molecule has 6 nitrogen and oxygen atoms in total. The van der Waals surface area contributed by atoms with Crippen molar-refractivity contribution in [3.05, 3.63) is 34.5 Å². The average molecular weight is 445 g/mol. The van der Waals surface area contributed by atoms with E-state index in [9.17, 15) is 12.8 Å². The van der Waals surface area contributed by atoms with Crippen LogP contribution in [0.1, 0.15) is 26.2 Å². The number of sulfonamides is 1. The number of nitrogens with zero attached hydrogens (tertiary/aromatic N) is 2. The number of benzene rings is 1. The number of fused-ring (bicyclic) bond motifs is 1. The van der Waals surface area contributed by atoms with Crippen molar-refractivity contribution in [1.82, 2.24) is 9.88 Å². The minimum absolute atomic E-state index is 0.0797. The van der Waals surface area contributed by atoms with Crippen molar-refractivity contribution in [3.63, 3.8) is 0 Å². The lowest BCUT2D eigenvalue weighted by Crippen LogP contribution is -2.44.